The van der Waals surface area contributed by atoms with Gasteiger partial charge in [-0.25, -0.2) is 9.97 Å². The molecular formula is C13H20N4O. The standard InChI is InChI=1S/C13H20N4O/c1-9-8-10(16-12(14-3)15-9)11(18)17-13(2)6-4-5-7-13/h8H,4-7H2,1-3H3,(H,17,18)(H,14,15,16). The Kier molecular flexibility index (Phi) is 3.50. The normalized spacial score (nSPS) is 17.5. The summed E-state index contributed by atoms with van der Waals surface area (Å²) in [5.74, 6) is 0.373. The average Bonchev–Trinajstić information content (AvgIpc) is 2.74. The summed E-state index contributed by atoms with van der Waals surface area (Å²) >= 11 is 0. The van der Waals surface area contributed by atoms with Crippen LogP contribution >= 0.6 is 0 Å². The van der Waals surface area contributed by atoms with Crippen molar-refractivity contribution in [1.29, 1.82) is 0 Å². The third-order valence-electron chi connectivity index (χ3n) is 3.43. The maximum atomic E-state index is 12.2. The van der Waals surface area contributed by atoms with Crippen molar-refractivity contribution in [2.45, 2.75) is 45.1 Å². The second-order valence-electron chi connectivity index (χ2n) is 5.19. The fourth-order valence-corrected chi connectivity index (χ4v) is 2.42. The van der Waals surface area contributed by atoms with Gasteiger partial charge in [0.25, 0.3) is 5.91 Å². The SMILES string of the molecule is CNc1nc(C)cc(C(=O)NC2(C)CCCC2)n1. The maximum Gasteiger partial charge on any atom is 0.270 e. The van der Waals surface area contributed by atoms with Crippen LogP contribution in [0, 0.1) is 6.92 Å². The molecule has 0 saturated heterocycles. The number of rotatable bonds is 3. The molecule has 0 atom stereocenters. The van der Waals surface area contributed by atoms with Crippen molar-refractivity contribution in [2.24, 2.45) is 0 Å². The highest BCUT2D eigenvalue weighted by Crippen LogP contribution is 2.29. The van der Waals surface area contributed by atoms with Crippen LogP contribution in [0.5, 0.6) is 0 Å². The van der Waals surface area contributed by atoms with Crippen molar-refractivity contribution < 1.29 is 4.79 Å². The molecule has 1 heterocycles. The molecule has 1 aromatic heterocycles. The molecule has 0 unspecified atom stereocenters. The van der Waals surface area contributed by atoms with Gasteiger partial charge in [-0.3, -0.25) is 4.79 Å². The highest BCUT2D eigenvalue weighted by atomic mass is 16.2. The highest BCUT2D eigenvalue weighted by Gasteiger charge is 2.30. The Labute approximate surface area is 107 Å². The summed E-state index contributed by atoms with van der Waals surface area (Å²) < 4.78 is 0. The number of anilines is 1. The Hall–Kier alpha value is -1.65. The van der Waals surface area contributed by atoms with Crippen LogP contribution in [0.15, 0.2) is 6.07 Å². The van der Waals surface area contributed by atoms with Crippen LogP contribution in [0.4, 0.5) is 5.95 Å². The highest BCUT2D eigenvalue weighted by molar-refractivity contribution is 5.93. The molecular weight excluding hydrogens is 228 g/mol. The number of nitrogens with zero attached hydrogens (tertiary/aromatic N) is 2. The largest absolute Gasteiger partial charge is 0.357 e. The van der Waals surface area contributed by atoms with Crippen molar-refractivity contribution in [1.82, 2.24) is 15.3 Å². The van der Waals surface area contributed by atoms with Crippen LogP contribution in [-0.2, 0) is 0 Å². The number of carbonyl (C=O) groups is 1. The molecule has 2 N–H and O–H groups in total. The average molecular weight is 248 g/mol. The van der Waals surface area contributed by atoms with Crippen LogP contribution in [-0.4, -0.2) is 28.5 Å². The predicted octanol–water partition coefficient (Wildman–Crippen LogP) is 1.89. The topological polar surface area (TPSA) is 66.9 Å². The number of hydrogen-bond donors (Lipinski definition) is 2. The Bertz CT molecular complexity index is 452. The number of carbonyl (C=O) groups excluding carboxylic acids is 1. The third-order valence-corrected chi connectivity index (χ3v) is 3.43. The second-order valence-corrected chi connectivity index (χ2v) is 5.19. The van der Waals surface area contributed by atoms with E-state index in [4.69, 9.17) is 0 Å². The first-order valence-electron chi connectivity index (χ1n) is 6.38. The lowest BCUT2D eigenvalue weighted by molar-refractivity contribution is 0.0903. The summed E-state index contributed by atoms with van der Waals surface area (Å²) in [6, 6.07) is 1.72. The summed E-state index contributed by atoms with van der Waals surface area (Å²) in [5.41, 5.74) is 1.14. The molecule has 0 aromatic carbocycles. The van der Waals surface area contributed by atoms with E-state index in [0.717, 1.165) is 18.5 Å². The van der Waals surface area contributed by atoms with Crippen molar-refractivity contribution in [2.75, 3.05) is 12.4 Å². The predicted molar refractivity (Wildman–Crippen MR) is 70.7 cm³/mol. The minimum Gasteiger partial charge on any atom is -0.357 e. The third kappa shape index (κ3) is 2.78. The van der Waals surface area contributed by atoms with Crippen molar-refractivity contribution in [3.63, 3.8) is 0 Å². The smallest absolute Gasteiger partial charge is 0.270 e. The van der Waals surface area contributed by atoms with Gasteiger partial charge in [-0.15, -0.1) is 0 Å². The number of hydrogen-bond acceptors (Lipinski definition) is 4. The Morgan fingerprint density at radius 2 is 2.00 bits per heavy atom. The van der Waals surface area contributed by atoms with E-state index < -0.39 is 0 Å². The zero-order valence-corrected chi connectivity index (χ0v) is 11.2. The Morgan fingerprint density at radius 3 is 2.61 bits per heavy atom. The molecule has 0 bridgehead atoms. The quantitative estimate of drug-likeness (QED) is 0.857. The van der Waals surface area contributed by atoms with Gasteiger partial charge in [-0.2, -0.15) is 0 Å². The van der Waals surface area contributed by atoms with Gasteiger partial charge in [0.2, 0.25) is 5.95 Å². The molecule has 18 heavy (non-hydrogen) atoms. The second kappa shape index (κ2) is 4.92. The molecule has 98 valence electrons. The Balaban J connectivity index is 2.15. The van der Waals surface area contributed by atoms with E-state index in [-0.39, 0.29) is 11.4 Å². The molecule has 0 aliphatic heterocycles. The summed E-state index contributed by atoms with van der Waals surface area (Å²) in [5, 5.41) is 5.96. The molecule has 0 radical (unpaired) electrons. The molecule has 5 heteroatoms. The lowest BCUT2D eigenvalue weighted by Gasteiger charge is -2.25. The maximum absolute atomic E-state index is 12.2. The first-order valence-corrected chi connectivity index (χ1v) is 6.38. The van der Waals surface area contributed by atoms with Crippen LogP contribution in [0.3, 0.4) is 0 Å². The molecule has 2 rings (SSSR count). The lowest BCUT2D eigenvalue weighted by Crippen LogP contribution is -2.44. The van der Waals surface area contributed by atoms with Gasteiger partial charge in [-0.1, -0.05) is 12.8 Å². The van der Waals surface area contributed by atoms with E-state index in [9.17, 15) is 4.79 Å². The van der Waals surface area contributed by atoms with Crippen LogP contribution in [0.2, 0.25) is 0 Å². The van der Waals surface area contributed by atoms with E-state index in [1.54, 1.807) is 13.1 Å². The minimum atomic E-state index is -0.110. The van der Waals surface area contributed by atoms with Crippen molar-refractivity contribution in [3.8, 4) is 0 Å². The van der Waals surface area contributed by atoms with E-state index in [1.807, 2.05) is 6.92 Å². The summed E-state index contributed by atoms with van der Waals surface area (Å²) in [7, 11) is 1.74. The Morgan fingerprint density at radius 1 is 1.33 bits per heavy atom. The van der Waals surface area contributed by atoms with Crippen molar-refractivity contribution in [3.05, 3.63) is 17.5 Å². The van der Waals surface area contributed by atoms with E-state index in [2.05, 4.69) is 27.5 Å². The number of amides is 1. The van der Waals surface area contributed by atoms with Crippen LogP contribution in [0.1, 0.15) is 48.8 Å². The first kappa shape index (κ1) is 12.8. The van der Waals surface area contributed by atoms with Gasteiger partial charge in [0, 0.05) is 18.3 Å². The zero-order chi connectivity index (χ0) is 13.2. The first-order chi connectivity index (χ1) is 8.52. The monoisotopic (exact) mass is 248 g/mol. The van der Waals surface area contributed by atoms with Crippen molar-refractivity contribution >= 4 is 11.9 Å². The minimum absolute atomic E-state index is 0.0737. The number of aryl methyl sites for hydroxylation is 1. The van der Waals surface area contributed by atoms with Gasteiger partial charge in [0.15, 0.2) is 0 Å². The fraction of sp³-hybridized carbons (Fsp3) is 0.615. The molecule has 1 amide bonds. The molecule has 1 aliphatic rings. The van der Waals surface area contributed by atoms with E-state index in [1.165, 1.54) is 12.8 Å². The fourth-order valence-electron chi connectivity index (χ4n) is 2.42. The van der Waals surface area contributed by atoms with Gasteiger partial charge in [0.05, 0.1) is 0 Å². The molecule has 5 nitrogen and oxygen atoms in total. The zero-order valence-electron chi connectivity index (χ0n) is 11.2. The molecule has 1 aromatic rings. The van der Waals surface area contributed by atoms with Crippen LogP contribution < -0.4 is 10.6 Å². The van der Waals surface area contributed by atoms with Gasteiger partial charge < -0.3 is 10.6 Å². The molecule has 1 saturated carbocycles. The lowest BCUT2D eigenvalue weighted by atomic mass is 10.0. The van der Waals surface area contributed by atoms with Gasteiger partial charge >= 0.3 is 0 Å². The number of aromatic nitrogens is 2. The summed E-state index contributed by atoms with van der Waals surface area (Å²) in [6.07, 6.45) is 4.45. The van der Waals surface area contributed by atoms with Gasteiger partial charge in [-0.05, 0) is 32.8 Å². The summed E-state index contributed by atoms with van der Waals surface area (Å²) in [6.45, 7) is 3.96. The van der Waals surface area contributed by atoms with E-state index >= 15 is 0 Å². The van der Waals surface area contributed by atoms with Gasteiger partial charge in [0.1, 0.15) is 5.69 Å². The summed E-state index contributed by atoms with van der Waals surface area (Å²) in [4.78, 5) is 20.6. The molecule has 1 aliphatic carbocycles. The number of nitrogens with one attached hydrogen (secondary N) is 2. The van der Waals surface area contributed by atoms with Crippen LogP contribution in [0.25, 0.3) is 0 Å². The molecule has 0 spiro atoms. The van der Waals surface area contributed by atoms with E-state index in [0.29, 0.717) is 11.6 Å². The molecule has 1 fully saturated rings.